The minimum absolute atomic E-state index is 0.0766. The molecule has 0 radical (unpaired) electrons. The number of aryl methyl sites for hydroxylation is 1. The van der Waals surface area contributed by atoms with Crippen LogP contribution in [-0.2, 0) is 11.2 Å². The summed E-state index contributed by atoms with van der Waals surface area (Å²) in [5.41, 5.74) is 3.12. The molecule has 2 aromatic carbocycles. The van der Waals surface area contributed by atoms with Crippen molar-refractivity contribution < 1.29 is 14.5 Å². The third kappa shape index (κ3) is 3.35. The van der Waals surface area contributed by atoms with E-state index < -0.39 is 4.92 Å². The van der Waals surface area contributed by atoms with Crippen molar-refractivity contribution >= 4 is 28.9 Å². The van der Waals surface area contributed by atoms with Crippen LogP contribution in [0.1, 0.15) is 40.7 Å². The summed E-state index contributed by atoms with van der Waals surface area (Å²) in [6.07, 6.45) is 3.69. The molecule has 1 fully saturated rings. The number of nitrogens with one attached hydrogen (secondary N) is 1. The van der Waals surface area contributed by atoms with Crippen molar-refractivity contribution in [2.45, 2.75) is 32.6 Å². The highest BCUT2D eigenvalue weighted by Crippen LogP contribution is 2.36. The first-order valence-corrected chi connectivity index (χ1v) is 9.45. The Morgan fingerprint density at radius 1 is 1.21 bits per heavy atom. The lowest BCUT2D eigenvalue weighted by atomic mass is 10.00. The van der Waals surface area contributed by atoms with Crippen molar-refractivity contribution in [3.05, 3.63) is 63.2 Å². The summed E-state index contributed by atoms with van der Waals surface area (Å²) < 4.78 is 0. The van der Waals surface area contributed by atoms with Crippen LogP contribution in [-0.4, -0.2) is 23.3 Å². The minimum Gasteiger partial charge on any atom is -0.322 e. The number of nitro benzene ring substituents is 1. The summed E-state index contributed by atoms with van der Waals surface area (Å²) in [4.78, 5) is 37.6. The number of carbonyl (C=O) groups excluding carboxylic acids is 2. The fourth-order valence-electron chi connectivity index (χ4n) is 3.72. The zero-order chi connectivity index (χ0) is 19.8. The molecule has 1 aliphatic heterocycles. The third-order valence-electron chi connectivity index (χ3n) is 5.40. The molecule has 7 nitrogen and oxygen atoms in total. The maximum absolute atomic E-state index is 12.6. The van der Waals surface area contributed by atoms with E-state index in [1.165, 1.54) is 12.1 Å². The van der Waals surface area contributed by atoms with Gasteiger partial charge in [-0.25, -0.2) is 0 Å². The van der Waals surface area contributed by atoms with Crippen molar-refractivity contribution in [1.82, 2.24) is 0 Å². The molecule has 0 saturated heterocycles. The number of rotatable bonds is 4. The van der Waals surface area contributed by atoms with Gasteiger partial charge in [-0.2, -0.15) is 0 Å². The monoisotopic (exact) mass is 379 g/mol. The van der Waals surface area contributed by atoms with Crippen LogP contribution in [0.2, 0.25) is 0 Å². The second-order valence-electron chi connectivity index (χ2n) is 7.37. The van der Waals surface area contributed by atoms with E-state index in [1.54, 1.807) is 19.1 Å². The quantitative estimate of drug-likeness (QED) is 0.645. The van der Waals surface area contributed by atoms with Crippen LogP contribution in [0.5, 0.6) is 0 Å². The molecule has 1 N–H and O–H groups in total. The lowest BCUT2D eigenvalue weighted by Gasteiger charge is -2.30. The SMILES string of the molecule is Cc1c(C(=O)Nc2ccc3c(c2)CCCN3C(=O)C2CC2)cccc1[N+](=O)[O-]. The first-order valence-electron chi connectivity index (χ1n) is 9.45. The Balaban J connectivity index is 1.56. The highest BCUT2D eigenvalue weighted by atomic mass is 16.6. The molecule has 1 heterocycles. The number of nitro groups is 1. The Bertz CT molecular complexity index is 982. The predicted octanol–water partition coefficient (Wildman–Crippen LogP) is 3.84. The lowest BCUT2D eigenvalue weighted by molar-refractivity contribution is -0.385. The van der Waals surface area contributed by atoms with Gasteiger partial charge in [0, 0.05) is 41.0 Å². The average molecular weight is 379 g/mol. The Kier molecular flexibility index (Phi) is 4.58. The zero-order valence-electron chi connectivity index (χ0n) is 15.6. The molecule has 0 aromatic heterocycles. The molecule has 7 heteroatoms. The molecule has 0 atom stereocenters. The standard InChI is InChI=1S/C21H21N3O4/c1-13-17(5-2-6-18(13)24(27)28)20(25)22-16-9-10-19-15(12-16)4-3-11-23(19)21(26)14-7-8-14/h2,5-6,9-10,12,14H,3-4,7-8,11H2,1H3,(H,22,25). The number of hydrogen-bond acceptors (Lipinski definition) is 4. The maximum atomic E-state index is 12.6. The molecule has 1 aliphatic carbocycles. The number of amides is 2. The molecule has 1 saturated carbocycles. The first kappa shape index (κ1) is 18.2. The van der Waals surface area contributed by atoms with E-state index in [1.807, 2.05) is 17.0 Å². The minimum atomic E-state index is -0.490. The molecule has 0 unspecified atom stereocenters. The highest BCUT2D eigenvalue weighted by Gasteiger charge is 2.35. The second kappa shape index (κ2) is 7.07. The number of anilines is 2. The van der Waals surface area contributed by atoms with E-state index in [0.29, 0.717) is 11.3 Å². The molecule has 28 heavy (non-hydrogen) atoms. The summed E-state index contributed by atoms with van der Waals surface area (Å²) in [5.74, 6) is -0.0185. The summed E-state index contributed by atoms with van der Waals surface area (Å²) >= 11 is 0. The van der Waals surface area contributed by atoms with Gasteiger partial charge >= 0.3 is 0 Å². The van der Waals surface area contributed by atoms with Crippen molar-refractivity contribution in [2.75, 3.05) is 16.8 Å². The molecule has 0 bridgehead atoms. The Labute approximate surface area is 162 Å². The van der Waals surface area contributed by atoms with Gasteiger partial charge in [0.25, 0.3) is 11.6 Å². The van der Waals surface area contributed by atoms with Gasteiger partial charge < -0.3 is 10.2 Å². The van der Waals surface area contributed by atoms with Gasteiger partial charge in [0.05, 0.1) is 4.92 Å². The fraction of sp³-hybridized carbons (Fsp3) is 0.333. The van der Waals surface area contributed by atoms with Gasteiger partial charge in [0.15, 0.2) is 0 Å². The van der Waals surface area contributed by atoms with Crippen molar-refractivity contribution in [2.24, 2.45) is 5.92 Å². The number of fused-ring (bicyclic) bond motifs is 1. The van der Waals surface area contributed by atoms with Crippen molar-refractivity contribution in [3.63, 3.8) is 0 Å². The maximum Gasteiger partial charge on any atom is 0.273 e. The van der Waals surface area contributed by atoms with E-state index in [9.17, 15) is 19.7 Å². The number of benzene rings is 2. The van der Waals surface area contributed by atoms with Gasteiger partial charge in [-0.15, -0.1) is 0 Å². The summed E-state index contributed by atoms with van der Waals surface area (Å²) in [7, 11) is 0. The summed E-state index contributed by atoms with van der Waals surface area (Å²) in [6.45, 7) is 2.31. The van der Waals surface area contributed by atoms with E-state index in [4.69, 9.17) is 0 Å². The van der Waals surface area contributed by atoms with Crippen LogP contribution in [0, 0.1) is 23.0 Å². The number of hydrogen-bond donors (Lipinski definition) is 1. The molecule has 2 aliphatic rings. The van der Waals surface area contributed by atoms with Gasteiger partial charge in [-0.3, -0.25) is 19.7 Å². The van der Waals surface area contributed by atoms with Gasteiger partial charge in [0.2, 0.25) is 5.91 Å². The Hall–Kier alpha value is -3.22. The smallest absolute Gasteiger partial charge is 0.273 e. The largest absolute Gasteiger partial charge is 0.322 e. The zero-order valence-corrected chi connectivity index (χ0v) is 15.6. The van der Waals surface area contributed by atoms with Crippen molar-refractivity contribution in [1.29, 1.82) is 0 Å². The fourth-order valence-corrected chi connectivity index (χ4v) is 3.72. The molecule has 4 rings (SSSR count). The lowest BCUT2D eigenvalue weighted by Crippen LogP contribution is -2.36. The summed E-state index contributed by atoms with van der Waals surface area (Å²) in [5, 5.41) is 13.9. The van der Waals surface area contributed by atoms with Crippen LogP contribution in [0.3, 0.4) is 0 Å². The van der Waals surface area contributed by atoms with E-state index >= 15 is 0 Å². The highest BCUT2D eigenvalue weighted by molar-refractivity contribution is 6.06. The van der Waals surface area contributed by atoms with Crippen LogP contribution < -0.4 is 10.2 Å². The predicted molar refractivity (Wildman–Crippen MR) is 106 cm³/mol. The average Bonchev–Trinajstić information content (AvgIpc) is 3.52. The van der Waals surface area contributed by atoms with Crippen LogP contribution in [0.25, 0.3) is 0 Å². The molecular formula is C21H21N3O4. The number of nitrogens with zero attached hydrogens (tertiary/aromatic N) is 2. The Morgan fingerprint density at radius 3 is 2.71 bits per heavy atom. The second-order valence-corrected chi connectivity index (χ2v) is 7.37. The molecule has 144 valence electrons. The van der Waals surface area contributed by atoms with E-state index in [2.05, 4.69) is 5.32 Å². The van der Waals surface area contributed by atoms with E-state index in [0.717, 1.165) is 43.5 Å². The van der Waals surface area contributed by atoms with Crippen LogP contribution in [0.4, 0.5) is 17.1 Å². The topological polar surface area (TPSA) is 92.6 Å². The van der Waals surface area contributed by atoms with Crippen LogP contribution >= 0.6 is 0 Å². The summed E-state index contributed by atoms with van der Waals surface area (Å²) in [6, 6.07) is 10.0. The van der Waals surface area contributed by atoms with Crippen LogP contribution in [0.15, 0.2) is 36.4 Å². The molecule has 2 aromatic rings. The van der Waals surface area contributed by atoms with Gasteiger partial charge in [-0.1, -0.05) is 6.07 Å². The Morgan fingerprint density at radius 2 is 2.00 bits per heavy atom. The van der Waals surface area contributed by atoms with Gasteiger partial charge in [0.1, 0.15) is 0 Å². The van der Waals surface area contributed by atoms with E-state index in [-0.39, 0.29) is 29.0 Å². The number of carbonyl (C=O) groups is 2. The molecule has 0 spiro atoms. The molecule has 2 amide bonds. The normalized spacial score (nSPS) is 15.7. The molecular weight excluding hydrogens is 358 g/mol. The van der Waals surface area contributed by atoms with Gasteiger partial charge in [-0.05, 0) is 62.4 Å². The van der Waals surface area contributed by atoms with Crippen molar-refractivity contribution in [3.8, 4) is 0 Å². The first-order chi connectivity index (χ1) is 13.5. The third-order valence-corrected chi connectivity index (χ3v) is 5.40.